The maximum Gasteiger partial charge on any atom is 0.119 e. The molecule has 1 fully saturated rings. The Hall–Kier alpha value is -1.02. The lowest BCUT2D eigenvalue weighted by Crippen LogP contribution is -2.33. The van der Waals surface area contributed by atoms with Gasteiger partial charge in [0.15, 0.2) is 0 Å². The van der Waals surface area contributed by atoms with Crippen LogP contribution < -0.4 is 10.1 Å². The van der Waals surface area contributed by atoms with E-state index >= 15 is 0 Å². The van der Waals surface area contributed by atoms with Gasteiger partial charge in [-0.15, -0.1) is 0 Å². The molecule has 2 atom stereocenters. The first kappa shape index (κ1) is 14.4. The van der Waals surface area contributed by atoms with Gasteiger partial charge in [-0.05, 0) is 67.8 Å². The zero-order valence-electron chi connectivity index (χ0n) is 12.7. The number of benzene rings is 1. The van der Waals surface area contributed by atoms with Crippen LogP contribution in [0, 0.1) is 11.3 Å². The van der Waals surface area contributed by atoms with Gasteiger partial charge in [-0.1, -0.05) is 26.0 Å². The third-order valence-electron chi connectivity index (χ3n) is 4.52. The molecule has 1 aromatic rings. The maximum absolute atomic E-state index is 5.38. The fraction of sp³-hybridized carbons (Fsp3) is 0.647. The second-order valence-corrected chi connectivity index (χ2v) is 6.61. The highest BCUT2D eigenvalue weighted by molar-refractivity contribution is 5.31. The average Bonchev–Trinajstić information content (AvgIpc) is 2.41. The van der Waals surface area contributed by atoms with E-state index in [4.69, 9.17) is 4.74 Å². The maximum atomic E-state index is 5.38. The summed E-state index contributed by atoms with van der Waals surface area (Å²) < 4.78 is 5.38. The standard InChI is InChI=1S/C17H27NO/c1-17(2)9-8-14(12-18-3)16(11-17)13-6-5-7-15(10-13)19-4/h5-7,10,14,16,18H,8-9,11-12H2,1-4H3. The highest BCUT2D eigenvalue weighted by atomic mass is 16.5. The number of hydrogen-bond acceptors (Lipinski definition) is 2. The van der Waals surface area contributed by atoms with Crippen LogP contribution in [-0.4, -0.2) is 20.7 Å². The fourth-order valence-corrected chi connectivity index (χ4v) is 3.41. The molecule has 0 heterocycles. The molecule has 0 spiro atoms. The zero-order valence-corrected chi connectivity index (χ0v) is 12.7. The van der Waals surface area contributed by atoms with Crippen LogP contribution in [0.2, 0.25) is 0 Å². The van der Waals surface area contributed by atoms with Gasteiger partial charge in [-0.3, -0.25) is 0 Å². The van der Waals surface area contributed by atoms with Gasteiger partial charge in [0.25, 0.3) is 0 Å². The summed E-state index contributed by atoms with van der Waals surface area (Å²) >= 11 is 0. The van der Waals surface area contributed by atoms with E-state index in [9.17, 15) is 0 Å². The Kier molecular flexibility index (Phi) is 4.51. The lowest BCUT2D eigenvalue weighted by molar-refractivity contribution is 0.161. The molecule has 1 aromatic carbocycles. The van der Waals surface area contributed by atoms with Gasteiger partial charge in [-0.25, -0.2) is 0 Å². The molecule has 0 amide bonds. The van der Waals surface area contributed by atoms with Crippen molar-refractivity contribution in [2.45, 2.75) is 39.0 Å². The number of hydrogen-bond donors (Lipinski definition) is 1. The summed E-state index contributed by atoms with van der Waals surface area (Å²) in [6.07, 6.45) is 3.92. The summed E-state index contributed by atoms with van der Waals surface area (Å²) in [4.78, 5) is 0. The predicted molar refractivity (Wildman–Crippen MR) is 80.8 cm³/mol. The van der Waals surface area contributed by atoms with Crippen molar-refractivity contribution in [3.05, 3.63) is 29.8 Å². The third kappa shape index (κ3) is 3.50. The lowest BCUT2D eigenvalue weighted by atomic mass is 9.65. The van der Waals surface area contributed by atoms with Gasteiger partial charge in [0.2, 0.25) is 0 Å². The molecule has 0 aliphatic heterocycles. The zero-order chi connectivity index (χ0) is 13.9. The lowest BCUT2D eigenvalue weighted by Gasteiger charge is -2.41. The van der Waals surface area contributed by atoms with Crippen molar-refractivity contribution < 1.29 is 4.74 Å². The average molecular weight is 261 g/mol. The summed E-state index contributed by atoms with van der Waals surface area (Å²) in [6.45, 7) is 5.91. The Morgan fingerprint density at radius 1 is 1.37 bits per heavy atom. The monoisotopic (exact) mass is 261 g/mol. The quantitative estimate of drug-likeness (QED) is 0.889. The van der Waals surface area contributed by atoms with Crippen molar-refractivity contribution in [2.24, 2.45) is 11.3 Å². The molecule has 1 aliphatic rings. The molecule has 19 heavy (non-hydrogen) atoms. The van der Waals surface area contributed by atoms with Crippen LogP contribution in [0.25, 0.3) is 0 Å². The van der Waals surface area contributed by atoms with E-state index in [1.54, 1.807) is 7.11 Å². The van der Waals surface area contributed by atoms with Crippen molar-refractivity contribution in [1.82, 2.24) is 5.32 Å². The number of methoxy groups -OCH3 is 1. The molecular formula is C17H27NO. The fourth-order valence-electron chi connectivity index (χ4n) is 3.41. The van der Waals surface area contributed by atoms with E-state index < -0.39 is 0 Å². The van der Waals surface area contributed by atoms with Crippen LogP contribution in [0.5, 0.6) is 5.75 Å². The minimum atomic E-state index is 0.456. The molecule has 1 N–H and O–H groups in total. The molecule has 106 valence electrons. The van der Waals surface area contributed by atoms with Gasteiger partial charge < -0.3 is 10.1 Å². The van der Waals surface area contributed by atoms with Gasteiger partial charge >= 0.3 is 0 Å². The van der Waals surface area contributed by atoms with Crippen LogP contribution in [0.4, 0.5) is 0 Å². The van der Waals surface area contributed by atoms with Crippen molar-refractivity contribution >= 4 is 0 Å². The predicted octanol–water partition coefficient (Wildman–Crippen LogP) is 3.82. The highest BCUT2D eigenvalue weighted by Crippen LogP contribution is 2.46. The van der Waals surface area contributed by atoms with Crippen molar-refractivity contribution in [1.29, 1.82) is 0 Å². The molecule has 2 nitrogen and oxygen atoms in total. The van der Waals surface area contributed by atoms with Crippen LogP contribution in [0.15, 0.2) is 24.3 Å². The summed E-state index contributed by atoms with van der Waals surface area (Å²) in [5, 5.41) is 3.36. The van der Waals surface area contributed by atoms with Crippen molar-refractivity contribution in [3.8, 4) is 5.75 Å². The summed E-state index contributed by atoms with van der Waals surface area (Å²) in [5.41, 5.74) is 1.89. The summed E-state index contributed by atoms with van der Waals surface area (Å²) in [7, 11) is 3.80. The van der Waals surface area contributed by atoms with E-state index in [2.05, 4.69) is 44.4 Å². The van der Waals surface area contributed by atoms with Crippen LogP contribution >= 0.6 is 0 Å². The minimum Gasteiger partial charge on any atom is -0.497 e. The van der Waals surface area contributed by atoms with Crippen LogP contribution in [0.1, 0.15) is 44.6 Å². The largest absolute Gasteiger partial charge is 0.497 e. The number of nitrogens with one attached hydrogen (secondary N) is 1. The van der Waals surface area contributed by atoms with E-state index in [1.807, 2.05) is 6.07 Å². The number of ether oxygens (including phenoxy) is 1. The normalized spacial score (nSPS) is 26.1. The number of rotatable bonds is 4. The first-order valence-corrected chi connectivity index (χ1v) is 7.34. The Labute approximate surface area is 117 Å². The van der Waals surface area contributed by atoms with Gasteiger partial charge in [0.1, 0.15) is 5.75 Å². The molecule has 1 saturated carbocycles. The molecule has 2 rings (SSSR count). The first-order chi connectivity index (χ1) is 9.05. The van der Waals surface area contributed by atoms with E-state index in [-0.39, 0.29) is 0 Å². The Morgan fingerprint density at radius 2 is 2.16 bits per heavy atom. The molecule has 0 aromatic heterocycles. The Bertz CT molecular complexity index is 413. The van der Waals surface area contributed by atoms with Crippen molar-refractivity contribution in [2.75, 3.05) is 20.7 Å². The van der Waals surface area contributed by atoms with E-state index in [0.29, 0.717) is 11.3 Å². The topological polar surface area (TPSA) is 21.3 Å². The summed E-state index contributed by atoms with van der Waals surface area (Å²) in [6, 6.07) is 8.63. The van der Waals surface area contributed by atoms with E-state index in [0.717, 1.165) is 18.2 Å². The molecular weight excluding hydrogens is 234 g/mol. The Morgan fingerprint density at radius 3 is 2.84 bits per heavy atom. The Balaban J connectivity index is 2.25. The first-order valence-electron chi connectivity index (χ1n) is 7.34. The second-order valence-electron chi connectivity index (χ2n) is 6.61. The SMILES string of the molecule is CNCC1CCC(C)(C)CC1c1cccc(OC)c1. The van der Waals surface area contributed by atoms with Crippen LogP contribution in [0.3, 0.4) is 0 Å². The van der Waals surface area contributed by atoms with Gasteiger partial charge in [-0.2, -0.15) is 0 Å². The van der Waals surface area contributed by atoms with Crippen molar-refractivity contribution in [3.63, 3.8) is 0 Å². The summed E-state index contributed by atoms with van der Waals surface area (Å²) in [5.74, 6) is 2.36. The third-order valence-corrected chi connectivity index (χ3v) is 4.52. The highest BCUT2D eigenvalue weighted by Gasteiger charge is 2.35. The molecule has 0 bridgehead atoms. The molecule has 0 radical (unpaired) electrons. The molecule has 0 saturated heterocycles. The smallest absolute Gasteiger partial charge is 0.119 e. The molecule has 1 aliphatic carbocycles. The minimum absolute atomic E-state index is 0.456. The molecule has 2 unspecified atom stereocenters. The molecule has 2 heteroatoms. The van der Waals surface area contributed by atoms with E-state index in [1.165, 1.54) is 24.8 Å². The van der Waals surface area contributed by atoms with Gasteiger partial charge in [0, 0.05) is 0 Å². The second kappa shape index (κ2) is 5.96. The van der Waals surface area contributed by atoms with Gasteiger partial charge in [0.05, 0.1) is 7.11 Å². The van der Waals surface area contributed by atoms with Crippen LogP contribution in [-0.2, 0) is 0 Å².